The van der Waals surface area contributed by atoms with Gasteiger partial charge in [0, 0.05) is 38.8 Å². The molecule has 126 valence electrons. The highest BCUT2D eigenvalue weighted by atomic mass is 16.2. The van der Waals surface area contributed by atoms with Crippen molar-refractivity contribution < 1.29 is 4.79 Å². The van der Waals surface area contributed by atoms with Crippen molar-refractivity contribution in [3.63, 3.8) is 0 Å². The van der Waals surface area contributed by atoms with Crippen molar-refractivity contribution in [1.82, 2.24) is 15.1 Å². The normalized spacial score (nSPS) is 22.1. The molecular formula is C19H29N3O. The third-order valence-corrected chi connectivity index (χ3v) is 5.28. The Labute approximate surface area is 139 Å². The molecule has 0 aromatic heterocycles. The van der Waals surface area contributed by atoms with Crippen LogP contribution in [0.15, 0.2) is 30.3 Å². The molecule has 0 unspecified atom stereocenters. The monoisotopic (exact) mass is 315 g/mol. The second kappa shape index (κ2) is 7.93. The van der Waals surface area contributed by atoms with E-state index in [1.165, 1.54) is 18.4 Å². The summed E-state index contributed by atoms with van der Waals surface area (Å²) in [6.45, 7) is 7.10. The van der Waals surface area contributed by atoms with Crippen LogP contribution in [0, 0.1) is 0 Å². The van der Waals surface area contributed by atoms with Crippen molar-refractivity contribution in [2.75, 3.05) is 26.2 Å². The van der Waals surface area contributed by atoms with Crippen molar-refractivity contribution in [2.24, 2.45) is 0 Å². The lowest BCUT2D eigenvalue weighted by molar-refractivity contribution is -0.127. The van der Waals surface area contributed by atoms with Crippen LogP contribution in [0.1, 0.15) is 38.2 Å². The van der Waals surface area contributed by atoms with Crippen LogP contribution in [0.4, 0.5) is 0 Å². The molecule has 1 heterocycles. The second-order valence-corrected chi connectivity index (χ2v) is 6.96. The van der Waals surface area contributed by atoms with E-state index in [4.69, 9.17) is 0 Å². The highest BCUT2D eigenvalue weighted by Gasteiger charge is 2.27. The summed E-state index contributed by atoms with van der Waals surface area (Å²) in [5.41, 5.74) is 1.37. The molecule has 1 aliphatic carbocycles. The van der Waals surface area contributed by atoms with Crippen molar-refractivity contribution in [1.29, 1.82) is 0 Å². The standard InChI is InChI=1S/C19H29N3O/c1-16(19(23)20-18-9-5-6-10-18)22-13-11-21(12-14-22)15-17-7-3-2-4-8-17/h2-4,7-8,16,18H,5-6,9-15H2,1H3,(H,20,23)/t16-/m0/s1. The quantitative estimate of drug-likeness (QED) is 0.905. The molecule has 1 atom stereocenters. The van der Waals surface area contributed by atoms with E-state index in [-0.39, 0.29) is 11.9 Å². The summed E-state index contributed by atoms with van der Waals surface area (Å²) in [6.07, 6.45) is 4.83. The Balaban J connectivity index is 1.43. The lowest BCUT2D eigenvalue weighted by Gasteiger charge is -2.37. The first-order valence-corrected chi connectivity index (χ1v) is 9.03. The molecule has 1 aliphatic heterocycles. The number of carbonyl (C=O) groups is 1. The Morgan fingerprint density at radius 3 is 2.43 bits per heavy atom. The van der Waals surface area contributed by atoms with Crippen LogP contribution >= 0.6 is 0 Å². The van der Waals surface area contributed by atoms with Gasteiger partial charge in [-0.1, -0.05) is 43.2 Å². The SMILES string of the molecule is C[C@@H](C(=O)NC1CCCC1)N1CCN(Cc2ccccc2)CC1. The molecule has 1 saturated carbocycles. The van der Waals surface area contributed by atoms with Crippen molar-refractivity contribution in [2.45, 2.75) is 51.2 Å². The van der Waals surface area contributed by atoms with Crippen molar-refractivity contribution in [3.8, 4) is 0 Å². The number of carbonyl (C=O) groups excluding carboxylic acids is 1. The number of rotatable bonds is 5. The maximum absolute atomic E-state index is 12.4. The highest BCUT2D eigenvalue weighted by Crippen LogP contribution is 2.18. The van der Waals surface area contributed by atoms with Gasteiger partial charge in [-0.15, -0.1) is 0 Å². The van der Waals surface area contributed by atoms with E-state index in [9.17, 15) is 4.79 Å². The smallest absolute Gasteiger partial charge is 0.237 e. The van der Waals surface area contributed by atoms with Gasteiger partial charge in [-0.25, -0.2) is 0 Å². The van der Waals surface area contributed by atoms with Crippen LogP contribution in [-0.2, 0) is 11.3 Å². The van der Waals surface area contributed by atoms with Crippen molar-refractivity contribution >= 4 is 5.91 Å². The van der Waals surface area contributed by atoms with Gasteiger partial charge < -0.3 is 5.32 Å². The van der Waals surface area contributed by atoms with Crippen LogP contribution in [0.2, 0.25) is 0 Å². The van der Waals surface area contributed by atoms with Gasteiger partial charge in [0.1, 0.15) is 0 Å². The minimum Gasteiger partial charge on any atom is -0.352 e. The lowest BCUT2D eigenvalue weighted by Crippen LogP contribution is -2.54. The summed E-state index contributed by atoms with van der Waals surface area (Å²) in [5.74, 6) is 0.216. The first kappa shape index (κ1) is 16.5. The van der Waals surface area contributed by atoms with Gasteiger partial charge >= 0.3 is 0 Å². The fraction of sp³-hybridized carbons (Fsp3) is 0.632. The van der Waals surface area contributed by atoms with Crippen molar-refractivity contribution in [3.05, 3.63) is 35.9 Å². The molecule has 1 aromatic carbocycles. The summed E-state index contributed by atoms with van der Waals surface area (Å²) in [7, 11) is 0. The summed E-state index contributed by atoms with van der Waals surface area (Å²) in [4.78, 5) is 17.2. The Kier molecular flexibility index (Phi) is 5.68. The van der Waals surface area contributed by atoms with Crippen LogP contribution in [-0.4, -0.2) is 54.0 Å². The molecule has 0 bridgehead atoms. The van der Waals surface area contributed by atoms with Gasteiger partial charge in [-0.2, -0.15) is 0 Å². The zero-order chi connectivity index (χ0) is 16.1. The first-order valence-electron chi connectivity index (χ1n) is 9.03. The number of hydrogen-bond acceptors (Lipinski definition) is 3. The summed E-state index contributed by atoms with van der Waals surface area (Å²) >= 11 is 0. The zero-order valence-corrected chi connectivity index (χ0v) is 14.2. The third-order valence-electron chi connectivity index (χ3n) is 5.28. The van der Waals surface area contributed by atoms with E-state index in [1.54, 1.807) is 0 Å². The number of nitrogens with one attached hydrogen (secondary N) is 1. The first-order chi connectivity index (χ1) is 11.2. The molecule has 4 heteroatoms. The molecule has 2 aliphatic rings. The Bertz CT molecular complexity index is 491. The maximum Gasteiger partial charge on any atom is 0.237 e. The largest absolute Gasteiger partial charge is 0.352 e. The van der Waals surface area contributed by atoms with E-state index in [2.05, 4.69) is 52.4 Å². The van der Waals surface area contributed by atoms with Gasteiger partial charge in [0.2, 0.25) is 5.91 Å². The molecule has 3 rings (SSSR count). The predicted octanol–water partition coefficient (Wildman–Crippen LogP) is 2.25. The average Bonchev–Trinajstić information content (AvgIpc) is 3.09. The Morgan fingerprint density at radius 2 is 1.78 bits per heavy atom. The topological polar surface area (TPSA) is 35.6 Å². The number of amides is 1. The summed E-state index contributed by atoms with van der Waals surface area (Å²) in [6, 6.07) is 11.0. The predicted molar refractivity (Wildman–Crippen MR) is 93.2 cm³/mol. The zero-order valence-electron chi connectivity index (χ0n) is 14.2. The molecule has 1 amide bonds. The van der Waals surface area contributed by atoms with Gasteiger partial charge in [0.15, 0.2) is 0 Å². The number of benzene rings is 1. The molecule has 1 saturated heterocycles. The highest BCUT2D eigenvalue weighted by molar-refractivity contribution is 5.81. The van der Waals surface area contributed by atoms with Gasteiger partial charge in [0.25, 0.3) is 0 Å². The second-order valence-electron chi connectivity index (χ2n) is 6.96. The van der Waals surface area contributed by atoms with Gasteiger partial charge in [0.05, 0.1) is 6.04 Å². The van der Waals surface area contributed by atoms with Crippen LogP contribution in [0.25, 0.3) is 0 Å². The Hall–Kier alpha value is -1.39. The summed E-state index contributed by atoms with van der Waals surface area (Å²) < 4.78 is 0. The van der Waals surface area contributed by atoms with Gasteiger partial charge in [-0.3, -0.25) is 14.6 Å². The molecule has 4 nitrogen and oxygen atoms in total. The van der Waals surface area contributed by atoms with Crippen LogP contribution < -0.4 is 5.32 Å². The van der Waals surface area contributed by atoms with Crippen LogP contribution in [0.5, 0.6) is 0 Å². The molecule has 0 radical (unpaired) electrons. The third kappa shape index (κ3) is 4.55. The maximum atomic E-state index is 12.4. The minimum atomic E-state index is -0.00512. The van der Waals surface area contributed by atoms with E-state index < -0.39 is 0 Å². The lowest BCUT2D eigenvalue weighted by atomic mass is 10.1. The van der Waals surface area contributed by atoms with E-state index in [1.807, 2.05) is 0 Å². The molecule has 1 aromatic rings. The average molecular weight is 315 g/mol. The molecule has 2 fully saturated rings. The van der Waals surface area contributed by atoms with E-state index in [0.29, 0.717) is 6.04 Å². The Morgan fingerprint density at radius 1 is 1.13 bits per heavy atom. The number of piperazine rings is 1. The van der Waals surface area contributed by atoms with Gasteiger partial charge in [-0.05, 0) is 25.3 Å². The molecule has 1 N–H and O–H groups in total. The van der Waals surface area contributed by atoms with E-state index in [0.717, 1.165) is 45.6 Å². The molecular weight excluding hydrogens is 286 g/mol. The van der Waals surface area contributed by atoms with Crippen LogP contribution in [0.3, 0.4) is 0 Å². The molecule has 0 spiro atoms. The number of nitrogens with zero attached hydrogens (tertiary/aromatic N) is 2. The fourth-order valence-corrected chi connectivity index (χ4v) is 3.71. The number of hydrogen-bond donors (Lipinski definition) is 1. The fourth-order valence-electron chi connectivity index (χ4n) is 3.71. The minimum absolute atomic E-state index is 0.00512. The summed E-state index contributed by atoms with van der Waals surface area (Å²) in [5, 5.41) is 3.23. The van der Waals surface area contributed by atoms with E-state index >= 15 is 0 Å². The molecule has 23 heavy (non-hydrogen) atoms.